The second-order valence-corrected chi connectivity index (χ2v) is 3.64. The van der Waals surface area contributed by atoms with Crippen LogP contribution in [0.4, 0.5) is 17.3 Å². The molecular formula is C9H13N5O3. The highest BCUT2D eigenvalue weighted by Crippen LogP contribution is 2.29. The molecule has 0 atom stereocenters. The van der Waals surface area contributed by atoms with Crippen molar-refractivity contribution in [3.63, 3.8) is 0 Å². The standard InChI is InChI=1S/C9H13N5O3/c10-8-7(14(15)16)9(12-6-11-8)13-2-1-4-17-5-3-13/h6H,1-5H2,(H2,10,11,12). The predicted octanol–water partition coefficient (Wildman–Crippen LogP) is 0.194. The molecular weight excluding hydrogens is 226 g/mol. The molecule has 8 nitrogen and oxygen atoms in total. The van der Waals surface area contributed by atoms with Crippen molar-refractivity contribution in [3.05, 3.63) is 16.4 Å². The van der Waals surface area contributed by atoms with Crippen molar-refractivity contribution in [2.45, 2.75) is 6.42 Å². The quantitative estimate of drug-likeness (QED) is 0.579. The molecule has 2 heterocycles. The highest BCUT2D eigenvalue weighted by molar-refractivity contribution is 5.68. The summed E-state index contributed by atoms with van der Waals surface area (Å²) in [5.74, 6) is 0.165. The number of rotatable bonds is 2. The number of aromatic nitrogens is 2. The Labute approximate surface area is 97.6 Å². The van der Waals surface area contributed by atoms with Gasteiger partial charge in [0.25, 0.3) is 0 Å². The third-order valence-corrected chi connectivity index (χ3v) is 2.54. The lowest BCUT2D eigenvalue weighted by atomic mass is 10.3. The molecule has 1 saturated heterocycles. The molecule has 0 aromatic carbocycles. The van der Waals surface area contributed by atoms with E-state index >= 15 is 0 Å². The minimum Gasteiger partial charge on any atom is -0.380 e. The van der Waals surface area contributed by atoms with Gasteiger partial charge in [0.1, 0.15) is 6.33 Å². The fourth-order valence-electron chi connectivity index (χ4n) is 1.75. The predicted molar refractivity (Wildman–Crippen MR) is 60.7 cm³/mol. The summed E-state index contributed by atoms with van der Waals surface area (Å²) in [7, 11) is 0. The molecule has 1 aliphatic rings. The molecule has 1 fully saturated rings. The normalized spacial score (nSPS) is 16.6. The average molecular weight is 239 g/mol. The van der Waals surface area contributed by atoms with Gasteiger partial charge in [-0.25, -0.2) is 9.97 Å². The summed E-state index contributed by atoms with van der Waals surface area (Å²) in [6.07, 6.45) is 2.05. The Balaban J connectivity index is 2.36. The molecule has 1 aliphatic heterocycles. The van der Waals surface area contributed by atoms with Crippen LogP contribution in [0.2, 0.25) is 0 Å². The topological polar surface area (TPSA) is 107 Å². The molecule has 0 aliphatic carbocycles. The lowest BCUT2D eigenvalue weighted by Gasteiger charge is -2.20. The SMILES string of the molecule is Nc1ncnc(N2CCCOCC2)c1[N+](=O)[O-]. The van der Waals surface area contributed by atoms with E-state index in [2.05, 4.69) is 9.97 Å². The van der Waals surface area contributed by atoms with E-state index in [4.69, 9.17) is 10.5 Å². The maximum Gasteiger partial charge on any atom is 0.353 e. The van der Waals surface area contributed by atoms with Gasteiger partial charge in [0, 0.05) is 19.7 Å². The van der Waals surface area contributed by atoms with E-state index in [9.17, 15) is 10.1 Å². The first-order valence-electron chi connectivity index (χ1n) is 5.27. The van der Waals surface area contributed by atoms with Crippen LogP contribution in [-0.2, 0) is 4.74 Å². The van der Waals surface area contributed by atoms with Gasteiger partial charge in [-0.05, 0) is 6.42 Å². The van der Waals surface area contributed by atoms with Gasteiger partial charge >= 0.3 is 5.69 Å². The van der Waals surface area contributed by atoms with Crippen molar-refractivity contribution < 1.29 is 9.66 Å². The Bertz CT molecular complexity index is 417. The van der Waals surface area contributed by atoms with Crippen LogP contribution in [0.25, 0.3) is 0 Å². The van der Waals surface area contributed by atoms with Gasteiger partial charge < -0.3 is 15.4 Å². The number of nitrogens with two attached hydrogens (primary N) is 1. The van der Waals surface area contributed by atoms with Crippen LogP contribution in [0.1, 0.15) is 6.42 Å². The van der Waals surface area contributed by atoms with E-state index in [-0.39, 0.29) is 17.3 Å². The van der Waals surface area contributed by atoms with Crippen LogP contribution in [0.5, 0.6) is 0 Å². The third kappa shape index (κ3) is 2.41. The number of anilines is 2. The molecule has 2 N–H and O–H groups in total. The first kappa shape index (κ1) is 11.5. The van der Waals surface area contributed by atoms with Gasteiger partial charge in [-0.2, -0.15) is 0 Å². The van der Waals surface area contributed by atoms with Gasteiger partial charge in [-0.15, -0.1) is 0 Å². The van der Waals surface area contributed by atoms with E-state index in [1.807, 2.05) is 4.90 Å². The van der Waals surface area contributed by atoms with Gasteiger partial charge in [0.2, 0.25) is 11.6 Å². The summed E-state index contributed by atoms with van der Waals surface area (Å²) in [6, 6.07) is 0. The molecule has 1 aromatic rings. The number of nitrogens with zero attached hydrogens (tertiary/aromatic N) is 4. The lowest BCUT2D eigenvalue weighted by Crippen LogP contribution is -2.28. The summed E-state index contributed by atoms with van der Waals surface area (Å²) in [5.41, 5.74) is 5.29. The second kappa shape index (κ2) is 4.91. The maximum absolute atomic E-state index is 11.0. The Morgan fingerprint density at radius 3 is 3.00 bits per heavy atom. The zero-order valence-corrected chi connectivity index (χ0v) is 9.20. The number of ether oxygens (including phenoxy) is 1. The Morgan fingerprint density at radius 1 is 1.41 bits per heavy atom. The van der Waals surface area contributed by atoms with E-state index < -0.39 is 4.92 Å². The molecule has 2 rings (SSSR count). The van der Waals surface area contributed by atoms with Crippen molar-refractivity contribution >= 4 is 17.3 Å². The Morgan fingerprint density at radius 2 is 2.24 bits per heavy atom. The second-order valence-electron chi connectivity index (χ2n) is 3.64. The fourth-order valence-corrected chi connectivity index (χ4v) is 1.75. The van der Waals surface area contributed by atoms with E-state index in [1.165, 1.54) is 6.33 Å². The van der Waals surface area contributed by atoms with Gasteiger partial charge in [-0.3, -0.25) is 10.1 Å². The van der Waals surface area contributed by atoms with Crippen LogP contribution in [0.3, 0.4) is 0 Å². The zero-order valence-electron chi connectivity index (χ0n) is 9.20. The molecule has 0 bridgehead atoms. The van der Waals surface area contributed by atoms with Crippen LogP contribution < -0.4 is 10.6 Å². The molecule has 0 unspecified atom stereocenters. The number of nitrogen functional groups attached to an aromatic ring is 1. The largest absolute Gasteiger partial charge is 0.380 e. The molecule has 0 amide bonds. The summed E-state index contributed by atoms with van der Waals surface area (Å²) < 4.78 is 5.29. The summed E-state index contributed by atoms with van der Waals surface area (Å²) >= 11 is 0. The molecule has 17 heavy (non-hydrogen) atoms. The molecule has 1 aromatic heterocycles. The molecule has 92 valence electrons. The van der Waals surface area contributed by atoms with E-state index in [1.54, 1.807) is 0 Å². The van der Waals surface area contributed by atoms with Crippen molar-refractivity contribution in [3.8, 4) is 0 Å². The molecule has 0 saturated carbocycles. The summed E-state index contributed by atoms with van der Waals surface area (Å²) in [4.78, 5) is 19.8. The third-order valence-electron chi connectivity index (χ3n) is 2.54. The highest BCUT2D eigenvalue weighted by Gasteiger charge is 2.25. The number of hydrogen-bond acceptors (Lipinski definition) is 7. The van der Waals surface area contributed by atoms with Gasteiger partial charge in [-0.1, -0.05) is 0 Å². The van der Waals surface area contributed by atoms with Crippen molar-refractivity contribution in [2.24, 2.45) is 0 Å². The minimum absolute atomic E-state index is 0.106. The molecule has 0 radical (unpaired) electrons. The van der Waals surface area contributed by atoms with Crippen LogP contribution in [0, 0.1) is 10.1 Å². The Hall–Kier alpha value is -1.96. The average Bonchev–Trinajstić information content (AvgIpc) is 2.56. The van der Waals surface area contributed by atoms with Crippen molar-refractivity contribution in [2.75, 3.05) is 36.9 Å². The van der Waals surface area contributed by atoms with E-state index in [0.29, 0.717) is 26.3 Å². The monoisotopic (exact) mass is 239 g/mol. The van der Waals surface area contributed by atoms with Crippen molar-refractivity contribution in [1.82, 2.24) is 9.97 Å². The summed E-state index contributed by atoms with van der Waals surface area (Å²) in [6.45, 7) is 2.42. The maximum atomic E-state index is 11.0. The minimum atomic E-state index is -0.545. The zero-order chi connectivity index (χ0) is 12.3. The Kier molecular flexibility index (Phi) is 3.33. The van der Waals surface area contributed by atoms with Gasteiger partial charge in [0.05, 0.1) is 11.5 Å². The molecule has 0 spiro atoms. The first-order valence-corrected chi connectivity index (χ1v) is 5.27. The smallest absolute Gasteiger partial charge is 0.353 e. The van der Waals surface area contributed by atoms with Crippen molar-refractivity contribution in [1.29, 1.82) is 0 Å². The number of hydrogen-bond donors (Lipinski definition) is 1. The lowest BCUT2D eigenvalue weighted by molar-refractivity contribution is -0.383. The fraction of sp³-hybridized carbons (Fsp3) is 0.556. The first-order chi connectivity index (χ1) is 8.20. The highest BCUT2D eigenvalue weighted by atomic mass is 16.6. The summed E-state index contributed by atoms with van der Waals surface area (Å²) in [5, 5.41) is 11.0. The molecule has 8 heteroatoms. The number of nitro groups is 1. The van der Waals surface area contributed by atoms with E-state index in [0.717, 1.165) is 6.42 Å². The van der Waals surface area contributed by atoms with Gasteiger partial charge in [0.15, 0.2) is 0 Å². The van der Waals surface area contributed by atoms with Crippen LogP contribution >= 0.6 is 0 Å². The van der Waals surface area contributed by atoms with Crippen LogP contribution in [0.15, 0.2) is 6.33 Å². The van der Waals surface area contributed by atoms with Crippen LogP contribution in [-0.4, -0.2) is 41.2 Å².